The van der Waals surface area contributed by atoms with Gasteiger partial charge in [-0.3, -0.25) is 9.89 Å². The minimum atomic E-state index is -0.459. The average Bonchev–Trinajstić information content (AvgIpc) is 3.09. The molecule has 0 atom stereocenters. The van der Waals surface area contributed by atoms with Crippen LogP contribution in [0.15, 0.2) is 53.7 Å². The summed E-state index contributed by atoms with van der Waals surface area (Å²) in [5, 5.41) is 9.64. The number of para-hydroxylation sites is 1. The summed E-state index contributed by atoms with van der Waals surface area (Å²) in [6.45, 7) is 0.0241. The largest absolute Gasteiger partial charge is 0.483 e. The first-order chi connectivity index (χ1) is 12.6. The molecule has 0 unspecified atom stereocenters. The third-order valence-electron chi connectivity index (χ3n) is 3.17. The SMILES string of the molecule is O=C(CSc1n[nH]c(COc2ccccc2F)n1)Nc1ccc(F)cc1. The Bertz CT molecular complexity index is 886. The fraction of sp³-hybridized carbons (Fsp3) is 0.118. The van der Waals surface area contributed by atoms with Crippen LogP contribution >= 0.6 is 11.8 Å². The van der Waals surface area contributed by atoms with Gasteiger partial charge in [-0.2, -0.15) is 0 Å². The molecule has 26 heavy (non-hydrogen) atoms. The zero-order valence-corrected chi connectivity index (χ0v) is 14.2. The van der Waals surface area contributed by atoms with Crippen LogP contribution in [0.3, 0.4) is 0 Å². The molecule has 3 aromatic rings. The number of benzene rings is 2. The van der Waals surface area contributed by atoms with Gasteiger partial charge in [-0.05, 0) is 36.4 Å². The lowest BCUT2D eigenvalue weighted by Crippen LogP contribution is -2.14. The van der Waals surface area contributed by atoms with E-state index in [4.69, 9.17) is 4.74 Å². The topological polar surface area (TPSA) is 79.9 Å². The van der Waals surface area contributed by atoms with E-state index < -0.39 is 5.82 Å². The Morgan fingerprint density at radius 1 is 1.15 bits per heavy atom. The highest BCUT2D eigenvalue weighted by Gasteiger charge is 2.09. The zero-order chi connectivity index (χ0) is 18.4. The average molecular weight is 376 g/mol. The number of halogens is 2. The maximum Gasteiger partial charge on any atom is 0.234 e. The highest BCUT2D eigenvalue weighted by atomic mass is 32.2. The van der Waals surface area contributed by atoms with Crippen LogP contribution < -0.4 is 10.1 Å². The van der Waals surface area contributed by atoms with Crippen molar-refractivity contribution in [2.45, 2.75) is 11.8 Å². The summed E-state index contributed by atoms with van der Waals surface area (Å²) in [5.41, 5.74) is 0.506. The van der Waals surface area contributed by atoms with Crippen molar-refractivity contribution in [3.05, 3.63) is 66.0 Å². The second kappa shape index (κ2) is 8.43. The number of amides is 1. The molecule has 9 heteroatoms. The van der Waals surface area contributed by atoms with Gasteiger partial charge in [-0.25, -0.2) is 13.8 Å². The Morgan fingerprint density at radius 3 is 2.69 bits per heavy atom. The number of aromatic amines is 1. The monoisotopic (exact) mass is 376 g/mol. The van der Waals surface area contributed by atoms with Crippen molar-refractivity contribution in [1.82, 2.24) is 15.2 Å². The molecule has 134 valence electrons. The minimum absolute atomic E-state index is 0.0241. The van der Waals surface area contributed by atoms with Crippen LogP contribution in [-0.4, -0.2) is 26.8 Å². The summed E-state index contributed by atoms with van der Waals surface area (Å²) >= 11 is 1.13. The van der Waals surface area contributed by atoms with Gasteiger partial charge in [-0.1, -0.05) is 23.9 Å². The summed E-state index contributed by atoms with van der Waals surface area (Å²) in [6, 6.07) is 11.5. The van der Waals surface area contributed by atoms with E-state index in [-0.39, 0.29) is 29.8 Å². The Hall–Kier alpha value is -2.94. The Balaban J connectivity index is 1.46. The zero-order valence-electron chi connectivity index (χ0n) is 13.4. The lowest BCUT2D eigenvalue weighted by Gasteiger charge is -2.04. The van der Waals surface area contributed by atoms with Gasteiger partial charge < -0.3 is 10.1 Å². The van der Waals surface area contributed by atoms with Gasteiger partial charge in [0, 0.05) is 5.69 Å². The molecule has 0 aliphatic rings. The van der Waals surface area contributed by atoms with Crippen LogP contribution in [0, 0.1) is 11.6 Å². The van der Waals surface area contributed by atoms with Crippen LogP contribution in [0.5, 0.6) is 5.75 Å². The number of anilines is 1. The van der Waals surface area contributed by atoms with E-state index in [1.807, 2.05) is 0 Å². The van der Waals surface area contributed by atoms with Gasteiger partial charge >= 0.3 is 0 Å². The molecule has 2 N–H and O–H groups in total. The molecule has 1 aromatic heterocycles. The second-order valence-corrected chi connectivity index (χ2v) is 6.07. The number of hydrogen-bond acceptors (Lipinski definition) is 5. The second-order valence-electron chi connectivity index (χ2n) is 5.13. The lowest BCUT2D eigenvalue weighted by molar-refractivity contribution is -0.113. The van der Waals surface area contributed by atoms with E-state index in [1.165, 1.54) is 36.4 Å². The van der Waals surface area contributed by atoms with E-state index in [9.17, 15) is 13.6 Å². The number of nitrogens with zero attached hydrogens (tertiary/aromatic N) is 2. The summed E-state index contributed by atoms with van der Waals surface area (Å²) < 4.78 is 31.6. The van der Waals surface area contributed by atoms with Gasteiger partial charge in [0.2, 0.25) is 11.1 Å². The Kier molecular flexibility index (Phi) is 5.80. The van der Waals surface area contributed by atoms with Crippen LogP contribution in [0.2, 0.25) is 0 Å². The molecule has 2 aromatic carbocycles. The lowest BCUT2D eigenvalue weighted by atomic mass is 10.3. The van der Waals surface area contributed by atoms with Gasteiger partial charge in [0.15, 0.2) is 17.4 Å². The number of H-pyrrole nitrogens is 1. The van der Waals surface area contributed by atoms with Crippen LogP contribution in [-0.2, 0) is 11.4 Å². The van der Waals surface area contributed by atoms with Crippen molar-refractivity contribution in [3.63, 3.8) is 0 Å². The number of carbonyl (C=O) groups is 1. The molecule has 0 saturated heterocycles. The van der Waals surface area contributed by atoms with Crippen molar-refractivity contribution in [3.8, 4) is 5.75 Å². The standard InChI is InChI=1S/C17H14F2N4O2S/c18-11-5-7-12(8-6-11)20-16(24)10-26-17-21-15(22-23-17)9-25-14-4-2-1-3-13(14)19/h1-8H,9-10H2,(H,20,24)(H,21,22,23). The number of carbonyl (C=O) groups excluding carboxylic acids is 1. The van der Waals surface area contributed by atoms with E-state index in [2.05, 4.69) is 20.5 Å². The van der Waals surface area contributed by atoms with Gasteiger partial charge in [0.1, 0.15) is 12.4 Å². The quantitative estimate of drug-likeness (QED) is 0.618. The number of hydrogen-bond donors (Lipinski definition) is 2. The first-order valence-corrected chi connectivity index (χ1v) is 8.55. The maximum absolute atomic E-state index is 13.5. The molecular weight excluding hydrogens is 362 g/mol. The fourth-order valence-corrected chi connectivity index (χ4v) is 2.59. The number of thioether (sulfide) groups is 1. The molecule has 0 spiro atoms. The molecule has 1 heterocycles. The van der Waals surface area contributed by atoms with Gasteiger partial charge in [0.25, 0.3) is 0 Å². The van der Waals surface area contributed by atoms with Gasteiger partial charge in [-0.15, -0.1) is 5.10 Å². The maximum atomic E-state index is 13.5. The van der Waals surface area contributed by atoms with Crippen LogP contribution in [0.4, 0.5) is 14.5 Å². The van der Waals surface area contributed by atoms with Crippen molar-refractivity contribution in [2.75, 3.05) is 11.1 Å². The van der Waals surface area contributed by atoms with Crippen LogP contribution in [0.1, 0.15) is 5.82 Å². The summed E-state index contributed by atoms with van der Waals surface area (Å²) in [4.78, 5) is 16.0. The highest BCUT2D eigenvalue weighted by Crippen LogP contribution is 2.18. The molecule has 1 amide bonds. The predicted molar refractivity (Wildman–Crippen MR) is 92.9 cm³/mol. The van der Waals surface area contributed by atoms with Crippen molar-refractivity contribution < 1.29 is 18.3 Å². The third kappa shape index (κ3) is 5.03. The molecular formula is C17H14F2N4O2S. The number of rotatable bonds is 7. The number of aromatic nitrogens is 3. The first-order valence-electron chi connectivity index (χ1n) is 7.57. The van der Waals surface area contributed by atoms with E-state index >= 15 is 0 Å². The normalized spacial score (nSPS) is 10.5. The molecule has 0 aliphatic heterocycles. The summed E-state index contributed by atoms with van der Waals surface area (Å²) in [7, 11) is 0. The molecule has 3 rings (SSSR count). The molecule has 0 radical (unpaired) electrons. The third-order valence-corrected chi connectivity index (χ3v) is 4.02. The molecule has 0 aliphatic carbocycles. The number of ether oxygens (including phenoxy) is 1. The fourth-order valence-electron chi connectivity index (χ4n) is 1.98. The van der Waals surface area contributed by atoms with Crippen molar-refractivity contribution in [2.24, 2.45) is 0 Å². The smallest absolute Gasteiger partial charge is 0.234 e. The van der Waals surface area contributed by atoms with E-state index in [1.54, 1.807) is 12.1 Å². The minimum Gasteiger partial charge on any atom is -0.483 e. The predicted octanol–water partition coefficient (Wildman–Crippen LogP) is 3.39. The molecule has 0 fully saturated rings. The van der Waals surface area contributed by atoms with Gasteiger partial charge in [0.05, 0.1) is 5.75 Å². The first kappa shape index (κ1) is 17.9. The summed E-state index contributed by atoms with van der Waals surface area (Å²) in [5.74, 6) is -0.479. The van der Waals surface area contributed by atoms with Crippen LogP contribution in [0.25, 0.3) is 0 Å². The van der Waals surface area contributed by atoms with Crippen molar-refractivity contribution in [1.29, 1.82) is 0 Å². The highest BCUT2D eigenvalue weighted by molar-refractivity contribution is 7.99. The van der Waals surface area contributed by atoms with E-state index in [0.717, 1.165) is 11.8 Å². The molecule has 6 nitrogen and oxygen atoms in total. The number of nitrogens with one attached hydrogen (secondary N) is 2. The Labute approximate surface area is 152 Å². The Morgan fingerprint density at radius 2 is 1.92 bits per heavy atom. The molecule has 0 bridgehead atoms. The summed E-state index contributed by atoms with van der Waals surface area (Å²) in [6.07, 6.45) is 0. The molecule has 0 saturated carbocycles. The van der Waals surface area contributed by atoms with Crippen molar-refractivity contribution >= 4 is 23.4 Å². The van der Waals surface area contributed by atoms with E-state index in [0.29, 0.717) is 16.7 Å².